The van der Waals surface area contributed by atoms with Gasteiger partial charge in [-0.15, -0.1) is 11.8 Å². The minimum Gasteiger partial charge on any atom is -0.490 e. The number of aromatic nitrogens is 4. The fourth-order valence-corrected chi connectivity index (χ4v) is 11.6. The van der Waals surface area contributed by atoms with Gasteiger partial charge in [-0.05, 0) is 154 Å². The zero-order valence-electron chi connectivity index (χ0n) is 45.2. The SMILES string of the molecule is Brc1ccccc1.CC#CCOC(=O)N1CCc2c([nH]c3ccc(Cl)cc23)[C@@H]1c1ccc(OC2CCN(c3ncccn3)CC2)cc1.CC#CCOC(=O)N1CCc2c([nH]c3ccc(Cl)cc23)[C@@H]1c1ccc(OC2CCNCC2)cc1. The van der Waals surface area contributed by atoms with Crippen LogP contribution in [0.1, 0.15) is 85.3 Å². The number of piperidine rings is 2. The molecular formula is C64H63BrCl2N8O6. The Hall–Kier alpha value is -7.66. The minimum absolute atomic E-state index is 0.0652. The molecule has 0 unspecified atom stereocenters. The number of aromatic amines is 2. The lowest BCUT2D eigenvalue weighted by atomic mass is 9.92. The Labute approximate surface area is 490 Å². The number of amides is 2. The van der Waals surface area contributed by atoms with Crippen molar-refractivity contribution in [3.63, 3.8) is 0 Å². The number of benzene rings is 5. The van der Waals surface area contributed by atoms with Crippen LogP contribution in [0, 0.1) is 23.7 Å². The minimum atomic E-state index is -0.385. The Balaban J connectivity index is 0.000000164. The van der Waals surface area contributed by atoms with Crippen LogP contribution in [0.15, 0.2) is 138 Å². The van der Waals surface area contributed by atoms with Crippen molar-refractivity contribution in [2.24, 2.45) is 0 Å². The van der Waals surface area contributed by atoms with Gasteiger partial charge >= 0.3 is 12.2 Å². The van der Waals surface area contributed by atoms with E-state index in [1.807, 2.05) is 121 Å². The topological polar surface area (TPSA) is 150 Å². The highest BCUT2D eigenvalue weighted by Crippen LogP contribution is 2.42. The van der Waals surface area contributed by atoms with E-state index in [0.29, 0.717) is 29.6 Å². The molecule has 7 heterocycles. The van der Waals surface area contributed by atoms with Crippen molar-refractivity contribution in [1.29, 1.82) is 0 Å². The fourth-order valence-electron chi connectivity index (χ4n) is 10.9. The van der Waals surface area contributed by atoms with Crippen LogP contribution in [0.4, 0.5) is 15.5 Å². The van der Waals surface area contributed by atoms with E-state index in [9.17, 15) is 9.59 Å². The lowest BCUT2D eigenvalue weighted by molar-refractivity contribution is 0.0985. The van der Waals surface area contributed by atoms with Gasteiger partial charge in [0.05, 0.1) is 0 Å². The molecule has 2 fully saturated rings. The van der Waals surface area contributed by atoms with Gasteiger partial charge in [0, 0.05) is 99.1 Å². The zero-order chi connectivity index (χ0) is 56.1. The number of hydrogen-bond donors (Lipinski definition) is 3. The first-order valence-electron chi connectivity index (χ1n) is 27.4. The third-order valence-electron chi connectivity index (χ3n) is 14.8. The van der Waals surface area contributed by atoms with E-state index in [1.165, 1.54) is 11.1 Å². The van der Waals surface area contributed by atoms with Crippen LogP contribution in [0.2, 0.25) is 10.0 Å². The van der Waals surface area contributed by atoms with E-state index in [-0.39, 0.29) is 49.7 Å². The molecule has 17 heteroatoms. The molecule has 81 heavy (non-hydrogen) atoms. The predicted octanol–water partition coefficient (Wildman–Crippen LogP) is 13.3. The van der Waals surface area contributed by atoms with Gasteiger partial charge in [0.2, 0.25) is 5.95 Å². The summed E-state index contributed by atoms with van der Waals surface area (Å²) in [6.45, 7) is 8.34. The summed E-state index contributed by atoms with van der Waals surface area (Å²) in [6, 6.07) is 39.0. The third-order valence-corrected chi connectivity index (χ3v) is 15.8. The van der Waals surface area contributed by atoms with Crippen LogP contribution in [-0.4, -0.2) is 107 Å². The smallest absolute Gasteiger partial charge is 0.411 e. The number of anilines is 1. The van der Waals surface area contributed by atoms with Gasteiger partial charge in [0.15, 0.2) is 13.2 Å². The molecule has 416 valence electrons. The second-order valence-electron chi connectivity index (χ2n) is 19.9. The molecule has 0 radical (unpaired) electrons. The molecule has 8 aromatic rings. The average molecular weight is 1190 g/mol. The van der Waals surface area contributed by atoms with Gasteiger partial charge in [0.25, 0.3) is 0 Å². The van der Waals surface area contributed by atoms with Crippen molar-refractivity contribution < 1.29 is 28.5 Å². The van der Waals surface area contributed by atoms with E-state index in [4.69, 9.17) is 42.1 Å². The van der Waals surface area contributed by atoms with Crippen molar-refractivity contribution in [3.05, 3.63) is 182 Å². The molecule has 12 rings (SSSR count). The maximum absolute atomic E-state index is 13.2. The Bertz CT molecular complexity index is 3550. The molecule has 14 nitrogen and oxygen atoms in total. The highest BCUT2D eigenvalue weighted by atomic mass is 79.9. The molecule has 3 aromatic heterocycles. The summed E-state index contributed by atoms with van der Waals surface area (Å²) in [5.41, 5.74) is 8.32. The predicted molar refractivity (Wildman–Crippen MR) is 322 cm³/mol. The molecule has 0 aliphatic carbocycles. The Kier molecular flexibility index (Phi) is 19.0. The van der Waals surface area contributed by atoms with E-state index >= 15 is 0 Å². The standard InChI is InChI=1S/C31H30ClN5O3.C27H28ClN3O3.C6H5Br/c1-2-3-19-39-31(38)37-18-13-25-26-20-22(32)7-10-27(26)35-28(25)29(37)21-5-8-23(9-6-21)40-24-11-16-36(17-12-24)30-33-14-4-15-34-30;1-2-3-16-33-27(32)31-15-12-22-23-17-19(28)6-9-24(23)30-25(22)26(31)18-4-7-20(8-5-18)34-21-10-13-29-14-11-21;7-6-4-2-1-3-5-6/h4-10,14-15,20,24,29,35H,11-13,16-19H2,1H3;4-9,17,21,26,29-30H,10-16H2,1H3;1-5H/t29-;26-;/m00./s1. The summed E-state index contributed by atoms with van der Waals surface area (Å²) in [5, 5.41) is 6.94. The second-order valence-corrected chi connectivity index (χ2v) is 21.7. The Morgan fingerprint density at radius 1 is 0.605 bits per heavy atom. The second kappa shape index (κ2) is 27.2. The molecule has 2 saturated heterocycles. The van der Waals surface area contributed by atoms with Gasteiger partial charge < -0.3 is 39.1 Å². The molecule has 4 aliphatic rings. The van der Waals surface area contributed by atoms with Crippen molar-refractivity contribution >= 4 is 79.1 Å². The molecule has 0 spiro atoms. The largest absolute Gasteiger partial charge is 0.490 e. The Morgan fingerprint density at radius 2 is 1.07 bits per heavy atom. The highest BCUT2D eigenvalue weighted by Gasteiger charge is 2.37. The molecule has 5 aromatic carbocycles. The summed E-state index contributed by atoms with van der Waals surface area (Å²) in [7, 11) is 0. The number of halogens is 3. The number of rotatable bonds is 9. The first kappa shape index (κ1) is 56.6. The van der Waals surface area contributed by atoms with Crippen molar-refractivity contribution in [2.75, 3.05) is 57.4 Å². The highest BCUT2D eigenvalue weighted by molar-refractivity contribution is 9.10. The third kappa shape index (κ3) is 13.9. The van der Waals surface area contributed by atoms with Crippen LogP contribution >= 0.6 is 39.1 Å². The Morgan fingerprint density at radius 3 is 1.52 bits per heavy atom. The quantitative estimate of drug-likeness (QED) is 0.119. The maximum Gasteiger partial charge on any atom is 0.411 e. The number of carbonyl (C=O) groups excluding carboxylic acids is 2. The average Bonchev–Trinajstić information content (AvgIpc) is 4.29. The summed E-state index contributed by atoms with van der Waals surface area (Å²) in [5.74, 6) is 13.6. The van der Waals surface area contributed by atoms with Gasteiger partial charge in [-0.3, -0.25) is 9.80 Å². The first-order valence-corrected chi connectivity index (χ1v) is 28.9. The monoisotopic (exact) mass is 1190 g/mol. The van der Waals surface area contributed by atoms with Crippen LogP contribution in [-0.2, 0) is 22.3 Å². The van der Waals surface area contributed by atoms with E-state index in [0.717, 1.165) is 125 Å². The lowest BCUT2D eigenvalue weighted by Gasteiger charge is -2.35. The molecule has 3 N–H and O–H groups in total. The molecule has 2 amide bonds. The van der Waals surface area contributed by atoms with Gasteiger partial charge in [-0.2, -0.15) is 0 Å². The van der Waals surface area contributed by atoms with E-state index < -0.39 is 0 Å². The van der Waals surface area contributed by atoms with E-state index in [1.54, 1.807) is 36.0 Å². The summed E-state index contributed by atoms with van der Waals surface area (Å²) in [4.78, 5) is 47.8. The number of hydrogen-bond acceptors (Lipinski definition) is 10. The van der Waals surface area contributed by atoms with Crippen molar-refractivity contribution in [2.45, 2.75) is 76.7 Å². The van der Waals surface area contributed by atoms with Gasteiger partial charge in [0.1, 0.15) is 35.8 Å². The molecule has 0 bridgehead atoms. The number of fused-ring (bicyclic) bond motifs is 6. The molecular weight excluding hydrogens is 1130 g/mol. The number of carbonyl (C=O) groups is 2. The maximum atomic E-state index is 13.2. The normalized spacial score (nSPS) is 16.9. The summed E-state index contributed by atoms with van der Waals surface area (Å²) >= 11 is 15.9. The van der Waals surface area contributed by atoms with Crippen LogP contribution in [0.3, 0.4) is 0 Å². The van der Waals surface area contributed by atoms with E-state index in [2.05, 4.69) is 69.8 Å². The lowest BCUT2D eigenvalue weighted by Crippen LogP contribution is -2.41. The summed E-state index contributed by atoms with van der Waals surface area (Å²) < 4.78 is 24.6. The van der Waals surface area contributed by atoms with Crippen LogP contribution in [0.25, 0.3) is 21.8 Å². The van der Waals surface area contributed by atoms with Crippen molar-refractivity contribution in [1.82, 2.24) is 35.1 Å². The van der Waals surface area contributed by atoms with Crippen LogP contribution in [0.5, 0.6) is 11.5 Å². The van der Waals surface area contributed by atoms with Crippen molar-refractivity contribution in [3.8, 4) is 35.2 Å². The van der Waals surface area contributed by atoms with Gasteiger partial charge in [-0.25, -0.2) is 19.6 Å². The molecule has 0 saturated carbocycles. The fraction of sp³-hybridized carbons (Fsp3) is 0.312. The zero-order valence-corrected chi connectivity index (χ0v) is 48.3. The first-order chi connectivity index (χ1) is 39.6. The number of H-pyrrole nitrogens is 2. The number of nitrogens with zero attached hydrogens (tertiary/aromatic N) is 5. The van der Waals surface area contributed by atoms with Gasteiger partial charge in [-0.1, -0.05) is 93.4 Å². The molecule has 4 aliphatic heterocycles. The summed E-state index contributed by atoms with van der Waals surface area (Å²) in [6.07, 6.45) is 8.36. The number of ether oxygens (including phenoxy) is 4. The molecule has 2 atom stereocenters. The number of nitrogens with one attached hydrogen (secondary N) is 3. The van der Waals surface area contributed by atoms with Crippen LogP contribution < -0.4 is 19.7 Å².